The largest absolute Gasteiger partial charge is 0.481 e. The summed E-state index contributed by atoms with van der Waals surface area (Å²) < 4.78 is 2.27. The van der Waals surface area contributed by atoms with Crippen LogP contribution in [0.4, 0.5) is 0 Å². The number of carboxylic acids is 1. The zero-order chi connectivity index (χ0) is 22.3. The van der Waals surface area contributed by atoms with E-state index in [4.69, 9.17) is 10.1 Å². The Morgan fingerprint density at radius 2 is 1.61 bits per heavy atom. The number of thiazole rings is 1. The van der Waals surface area contributed by atoms with Crippen molar-refractivity contribution in [3.8, 4) is 0 Å². The van der Waals surface area contributed by atoms with Crippen LogP contribution < -0.4 is 0 Å². The number of hydrogen-bond acceptors (Lipinski definition) is 5. The molecule has 174 valence electrons. The van der Waals surface area contributed by atoms with Crippen LogP contribution in [-0.2, 0) is 4.79 Å². The number of thioether (sulfide) groups is 1. The first-order chi connectivity index (χ1) is 15.1. The minimum Gasteiger partial charge on any atom is -0.481 e. The Balaban J connectivity index is 1.80. The minimum atomic E-state index is -0.708. The molecule has 4 nitrogen and oxygen atoms in total. The maximum Gasteiger partial charge on any atom is 0.303 e. The molecule has 0 saturated heterocycles. The van der Waals surface area contributed by atoms with Crippen LogP contribution in [0.1, 0.15) is 96.8 Å². The van der Waals surface area contributed by atoms with E-state index in [1.54, 1.807) is 23.1 Å². The lowest BCUT2D eigenvalue weighted by Gasteiger charge is -2.21. The van der Waals surface area contributed by atoms with E-state index in [1.165, 1.54) is 43.2 Å². The summed E-state index contributed by atoms with van der Waals surface area (Å²) in [5, 5.41) is 19.8. The van der Waals surface area contributed by atoms with Crippen molar-refractivity contribution in [2.45, 2.75) is 113 Å². The first-order valence-corrected chi connectivity index (χ1v) is 13.7. The van der Waals surface area contributed by atoms with E-state index in [-0.39, 0.29) is 17.8 Å². The molecule has 2 aromatic rings. The number of aromatic nitrogens is 1. The fourth-order valence-corrected chi connectivity index (χ4v) is 6.35. The van der Waals surface area contributed by atoms with Gasteiger partial charge in [0.15, 0.2) is 4.34 Å². The Labute approximate surface area is 195 Å². The first-order valence-electron chi connectivity index (χ1n) is 12.0. The predicted molar refractivity (Wildman–Crippen MR) is 133 cm³/mol. The van der Waals surface area contributed by atoms with Crippen molar-refractivity contribution in [1.29, 1.82) is 0 Å². The van der Waals surface area contributed by atoms with Gasteiger partial charge in [-0.05, 0) is 31.4 Å². The molecule has 0 saturated carbocycles. The lowest BCUT2D eigenvalue weighted by atomic mass is 10.0. The van der Waals surface area contributed by atoms with Gasteiger partial charge in [0.2, 0.25) is 0 Å². The van der Waals surface area contributed by atoms with E-state index in [1.807, 2.05) is 12.1 Å². The maximum atomic E-state index is 10.9. The molecule has 0 bridgehead atoms. The van der Waals surface area contributed by atoms with Gasteiger partial charge >= 0.3 is 5.97 Å². The van der Waals surface area contributed by atoms with Gasteiger partial charge in [-0.1, -0.05) is 95.0 Å². The molecule has 2 atom stereocenters. The summed E-state index contributed by atoms with van der Waals surface area (Å²) in [6, 6.07) is 8.24. The van der Waals surface area contributed by atoms with E-state index in [9.17, 15) is 9.90 Å². The Morgan fingerprint density at radius 1 is 0.968 bits per heavy atom. The summed E-state index contributed by atoms with van der Waals surface area (Å²) in [5.74, 6) is -0.708. The number of benzene rings is 1. The quantitative estimate of drug-likeness (QED) is 0.174. The Hall–Kier alpha value is -1.11. The molecule has 2 unspecified atom stereocenters. The highest BCUT2D eigenvalue weighted by Gasteiger charge is 2.21. The van der Waals surface area contributed by atoms with Gasteiger partial charge in [0.05, 0.1) is 16.3 Å². The third-order valence-electron chi connectivity index (χ3n) is 5.69. The summed E-state index contributed by atoms with van der Waals surface area (Å²) in [4.78, 5) is 15.4. The van der Waals surface area contributed by atoms with Crippen LogP contribution in [0.2, 0.25) is 0 Å². The lowest BCUT2D eigenvalue weighted by molar-refractivity contribution is -0.137. The van der Waals surface area contributed by atoms with Crippen molar-refractivity contribution in [3.63, 3.8) is 0 Å². The number of nitrogens with zero attached hydrogens (tertiary/aromatic N) is 1. The second-order valence-corrected chi connectivity index (χ2v) is 10.9. The van der Waals surface area contributed by atoms with E-state index in [2.05, 4.69) is 19.1 Å². The van der Waals surface area contributed by atoms with Crippen molar-refractivity contribution in [2.24, 2.45) is 0 Å². The first kappa shape index (κ1) is 26.1. The monoisotopic (exact) mass is 465 g/mol. The topological polar surface area (TPSA) is 70.4 Å². The maximum absolute atomic E-state index is 10.9. The fourth-order valence-electron chi connectivity index (χ4n) is 3.83. The van der Waals surface area contributed by atoms with Crippen molar-refractivity contribution in [2.75, 3.05) is 0 Å². The highest BCUT2D eigenvalue weighted by atomic mass is 32.2. The van der Waals surface area contributed by atoms with Crippen LogP contribution in [0.15, 0.2) is 28.6 Å². The molecule has 0 aliphatic carbocycles. The van der Waals surface area contributed by atoms with Gasteiger partial charge in [0.1, 0.15) is 0 Å². The van der Waals surface area contributed by atoms with E-state index < -0.39 is 5.97 Å². The van der Waals surface area contributed by atoms with Crippen LogP contribution in [0.25, 0.3) is 10.2 Å². The van der Waals surface area contributed by atoms with Crippen LogP contribution >= 0.6 is 23.1 Å². The normalized spacial score (nSPS) is 13.5. The van der Waals surface area contributed by atoms with Crippen LogP contribution in [-0.4, -0.2) is 32.5 Å². The molecular formula is C25H39NO3S2. The number of aliphatic carboxylic acids is 1. The van der Waals surface area contributed by atoms with Crippen molar-refractivity contribution in [3.05, 3.63) is 24.3 Å². The van der Waals surface area contributed by atoms with Gasteiger partial charge < -0.3 is 10.2 Å². The second kappa shape index (κ2) is 15.7. The molecule has 0 aliphatic heterocycles. The minimum absolute atomic E-state index is 0.193. The Morgan fingerprint density at radius 3 is 2.32 bits per heavy atom. The van der Waals surface area contributed by atoms with Crippen LogP contribution in [0.5, 0.6) is 0 Å². The second-order valence-electron chi connectivity index (χ2n) is 8.43. The SMILES string of the molecule is CCCCCCCCC(Sc1nc2ccccc2s1)C(O)CCCCCCCC(=O)O. The summed E-state index contributed by atoms with van der Waals surface area (Å²) >= 11 is 3.48. The number of carboxylic acid groups (broad SMARTS) is 1. The number of aliphatic hydroxyl groups excluding tert-OH is 1. The molecular weight excluding hydrogens is 426 g/mol. The summed E-state index contributed by atoms with van der Waals surface area (Å²) in [5.41, 5.74) is 1.05. The van der Waals surface area contributed by atoms with E-state index in [0.29, 0.717) is 0 Å². The molecule has 0 amide bonds. The lowest BCUT2D eigenvalue weighted by Crippen LogP contribution is -2.23. The molecule has 0 spiro atoms. The van der Waals surface area contributed by atoms with E-state index in [0.717, 1.165) is 54.8 Å². The molecule has 31 heavy (non-hydrogen) atoms. The zero-order valence-electron chi connectivity index (χ0n) is 18.9. The summed E-state index contributed by atoms with van der Waals surface area (Å²) in [6.45, 7) is 2.24. The van der Waals surface area contributed by atoms with Gasteiger partial charge in [-0.3, -0.25) is 4.79 Å². The van der Waals surface area contributed by atoms with Gasteiger partial charge in [-0.25, -0.2) is 4.98 Å². The smallest absolute Gasteiger partial charge is 0.303 e. The third-order valence-corrected chi connectivity index (χ3v) is 8.20. The number of carbonyl (C=O) groups is 1. The number of rotatable bonds is 18. The van der Waals surface area contributed by atoms with Crippen LogP contribution in [0.3, 0.4) is 0 Å². The van der Waals surface area contributed by atoms with Crippen LogP contribution in [0, 0.1) is 0 Å². The number of fused-ring (bicyclic) bond motifs is 1. The summed E-state index contributed by atoms with van der Waals surface area (Å²) in [7, 11) is 0. The third kappa shape index (κ3) is 10.8. The van der Waals surface area contributed by atoms with Gasteiger partial charge in [-0.2, -0.15) is 0 Å². The van der Waals surface area contributed by atoms with E-state index >= 15 is 0 Å². The standard InChI is InChI=1S/C25H39NO3S2/c1-2-3-4-5-8-11-18-23(21(27)16-10-7-6-9-12-19-24(28)29)31-25-26-20-15-13-14-17-22(20)30-25/h13-15,17,21,23,27H,2-12,16,18-19H2,1H3,(H,28,29). The number of unbranched alkanes of at least 4 members (excludes halogenated alkanes) is 9. The molecule has 1 aromatic carbocycles. The van der Waals surface area contributed by atoms with Crippen molar-refractivity contribution >= 4 is 39.3 Å². The molecule has 2 N–H and O–H groups in total. The van der Waals surface area contributed by atoms with Gasteiger partial charge in [0.25, 0.3) is 0 Å². The average molecular weight is 466 g/mol. The number of para-hydroxylation sites is 1. The summed E-state index contributed by atoms with van der Waals surface area (Å²) in [6.07, 6.45) is 14.2. The molecule has 1 aromatic heterocycles. The van der Waals surface area contributed by atoms with Gasteiger partial charge in [0, 0.05) is 11.7 Å². The molecule has 0 radical (unpaired) electrons. The average Bonchev–Trinajstić information content (AvgIpc) is 3.16. The highest BCUT2D eigenvalue weighted by molar-refractivity contribution is 8.01. The van der Waals surface area contributed by atoms with Crippen molar-refractivity contribution in [1.82, 2.24) is 4.98 Å². The highest BCUT2D eigenvalue weighted by Crippen LogP contribution is 2.36. The Kier molecular flexibility index (Phi) is 13.2. The zero-order valence-corrected chi connectivity index (χ0v) is 20.6. The predicted octanol–water partition coefficient (Wildman–Crippen LogP) is 7.68. The van der Waals surface area contributed by atoms with Gasteiger partial charge in [-0.15, -0.1) is 11.3 Å². The fraction of sp³-hybridized carbons (Fsp3) is 0.680. The molecule has 6 heteroatoms. The number of aliphatic hydroxyl groups is 1. The number of hydrogen-bond donors (Lipinski definition) is 2. The Bertz CT molecular complexity index is 716. The molecule has 2 rings (SSSR count). The van der Waals surface area contributed by atoms with Crippen molar-refractivity contribution < 1.29 is 15.0 Å². The molecule has 1 heterocycles. The molecule has 0 fully saturated rings. The molecule has 0 aliphatic rings.